The van der Waals surface area contributed by atoms with Crippen LogP contribution < -0.4 is 9.47 Å². The summed E-state index contributed by atoms with van der Waals surface area (Å²) in [5.74, 6) is -0.301. The van der Waals surface area contributed by atoms with Gasteiger partial charge in [-0.15, -0.1) is 0 Å². The number of ether oxygens (including phenoxy) is 2. The zero-order valence-corrected chi connectivity index (χ0v) is 20.6. The minimum atomic E-state index is -1.10. The van der Waals surface area contributed by atoms with Crippen LogP contribution in [-0.2, 0) is 16.0 Å². The number of carboxylic acid groups (broad SMARTS) is 1. The molecule has 1 aliphatic heterocycles. The predicted octanol–water partition coefficient (Wildman–Crippen LogP) is 4.66. The van der Waals surface area contributed by atoms with Crippen LogP contribution in [0.5, 0.6) is 11.5 Å². The van der Waals surface area contributed by atoms with Gasteiger partial charge in [-0.1, -0.05) is 60.4 Å². The van der Waals surface area contributed by atoms with E-state index in [0.29, 0.717) is 22.0 Å². The molecule has 0 spiro atoms. The van der Waals surface area contributed by atoms with Crippen molar-refractivity contribution in [1.29, 1.82) is 0 Å². The molecule has 2 aromatic carbocycles. The number of rotatable bonds is 8. The second kappa shape index (κ2) is 10.7. The van der Waals surface area contributed by atoms with Crippen molar-refractivity contribution in [1.82, 2.24) is 9.88 Å². The first-order valence-electron chi connectivity index (χ1n) is 10.6. The van der Waals surface area contributed by atoms with Gasteiger partial charge in [0.1, 0.15) is 10.4 Å². The highest BCUT2D eigenvalue weighted by molar-refractivity contribution is 8.26. The summed E-state index contributed by atoms with van der Waals surface area (Å²) in [5, 5.41) is 9.81. The van der Waals surface area contributed by atoms with Crippen molar-refractivity contribution in [2.75, 3.05) is 14.2 Å². The zero-order valence-electron chi connectivity index (χ0n) is 19.0. The molecule has 7 nitrogen and oxygen atoms in total. The summed E-state index contributed by atoms with van der Waals surface area (Å²) in [6.07, 6.45) is 3.49. The number of aliphatic carboxylic acids is 1. The largest absolute Gasteiger partial charge is 0.493 e. The van der Waals surface area contributed by atoms with Gasteiger partial charge in [0, 0.05) is 18.2 Å². The Morgan fingerprint density at radius 2 is 1.86 bits per heavy atom. The maximum absolute atomic E-state index is 13.1. The van der Waals surface area contributed by atoms with Gasteiger partial charge in [0.15, 0.2) is 11.5 Å². The summed E-state index contributed by atoms with van der Waals surface area (Å²) in [6.45, 7) is 0. The van der Waals surface area contributed by atoms with Gasteiger partial charge in [-0.3, -0.25) is 14.7 Å². The van der Waals surface area contributed by atoms with Gasteiger partial charge in [-0.05, 0) is 41.5 Å². The van der Waals surface area contributed by atoms with Crippen molar-refractivity contribution in [2.24, 2.45) is 0 Å². The van der Waals surface area contributed by atoms with Crippen molar-refractivity contribution in [3.8, 4) is 22.8 Å². The lowest BCUT2D eigenvalue weighted by molar-refractivity contribution is -0.145. The van der Waals surface area contributed by atoms with Gasteiger partial charge in [0.05, 0.1) is 24.8 Å². The summed E-state index contributed by atoms with van der Waals surface area (Å²) in [7, 11) is 3.15. The summed E-state index contributed by atoms with van der Waals surface area (Å²) >= 11 is 6.47. The fourth-order valence-corrected chi connectivity index (χ4v) is 5.04. The number of methoxy groups -OCH3 is 2. The van der Waals surface area contributed by atoms with E-state index in [1.54, 1.807) is 26.5 Å². The third-order valence-corrected chi connectivity index (χ3v) is 6.79. The summed E-state index contributed by atoms with van der Waals surface area (Å²) in [4.78, 5) is 31.2. The highest BCUT2D eigenvalue weighted by Gasteiger charge is 2.40. The molecule has 1 aromatic heterocycles. The smallest absolute Gasteiger partial charge is 0.327 e. The van der Waals surface area contributed by atoms with Crippen molar-refractivity contribution in [3.05, 3.63) is 82.9 Å². The molecule has 0 bridgehead atoms. The van der Waals surface area contributed by atoms with Crippen molar-refractivity contribution >= 4 is 46.3 Å². The van der Waals surface area contributed by atoms with E-state index in [1.807, 2.05) is 60.7 Å². The molecule has 1 amide bonds. The van der Waals surface area contributed by atoms with Gasteiger partial charge < -0.3 is 14.6 Å². The van der Waals surface area contributed by atoms with Crippen LogP contribution in [0.3, 0.4) is 0 Å². The second-order valence-electron chi connectivity index (χ2n) is 7.64. The Balaban J connectivity index is 1.55. The molecule has 0 aliphatic carbocycles. The molecular weight excluding hydrogens is 484 g/mol. The lowest BCUT2D eigenvalue weighted by atomic mass is 10.0. The van der Waals surface area contributed by atoms with Crippen LogP contribution in [0.1, 0.15) is 11.1 Å². The van der Waals surface area contributed by atoms with E-state index in [9.17, 15) is 14.7 Å². The van der Waals surface area contributed by atoms with Gasteiger partial charge >= 0.3 is 5.97 Å². The van der Waals surface area contributed by atoms with Crippen LogP contribution in [0.15, 0.2) is 71.8 Å². The number of hydrogen-bond donors (Lipinski definition) is 1. The number of carboxylic acids is 1. The van der Waals surface area contributed by atoms with Crippen LogP contribution in [-0.4, -0.2) is 51.4 Å². The summed E-state index contributed by atoms with van der Waals surface area (Å²) in [6, 6.07) is 17.3. The number of benzene rings is 2. The zero-order chi connectivity index (χ0) is 24.9. The third-order valence-electron chi connectivity index (χ3n) is 5.46. The van der Waals surface area contributed by atoms with E-state index < -0.39 is 17.9 Å². The Morgan fingerprint density at radius 1 is 1.11 bits per heavy atom. The Labute approximate surface area is 212 Å². The number of thiocarbonyl (C=S) groups is 1. The molecule has 178 valence electrons. The van der Waals surface area contributed by atoms with E-state index in [0.717, 1.165) is 28.6 Å². The average molecular weight is 507 g/mol. The Bertz CT molecular complexity index is 1290. The van der Waals surface area contributed by atoms with E-state index in [1.165, 1.54) is 4.90 Å². The lowest BCUT2D eigenvalue weighted by Gasteiger charge is -2.23. The normalized spacial score (nSPS) is 15.4. The maximum atomic E-state index is 13.1. The fraction of sp³-hybridized carbons (Fsp3) is 0.154. The number of carbonyl (C=O) groups is 2. The number of hydrogen-bond acceptors (Lipinski definition) is 7. The highest BCUT2D eigenvalue weighted by atomic mass is 32.2. The lowest BCUT2D eigenvalue weighted by Crippen LogP contribution is -2.45. The Hall–Kier alpha value is -3.69. The maximum Gasteiger partial charge on any atom is 0.327 e. The van der Waals surface area contributed by atoms with Crippen molar-refractivity contribution in [3.63, 3.8) is 0 Å². The van der Waals surface area contributed by atoms with Crippen LogP contribution >= 0.6 is 24.0 Å². The summed E-state index contributed by atoms with van der Waals surface area (Å²) in [5.41, 5.74) is 3.09. The first-order chi connectivity index (χ1) is 16.9. The van der Waals surface area contributed by atoms with Gasteiger partial charge in [0.2, 0.25) is 0 Å². The molecule has 0 saturated carbocycles. The SMILES string of the molecule is COc1ccc(-c2ccc(/C=C3\SC(=S)N([C@@H](Cc4ccccc4)C(=O)O)C3=O)cn2)cc1OC. The standard InChI is InChI=1S/C26H22N2O5S2/c1-32-21-11-9-18(14-22(21)33-2)19-10-8-17(15-27-19)13-23-24(29)28(26(34)35-23)20(25(30)31)12-16-6-4-3-5-7-16/h3-11,13-15,20H,12H2,1-2H3,(H,30,31)/b23-13-/t20-/m0/s1. The molecular formula is C26H22N2O5S2. The first-order valence-corrected chi connectivity index (χ1v) is 11.9. The number of carbonyl (C=O) groups excluding carboxylic acids is 1. The molecule has 2 heterocycles. The number of aromatic nitrogens is 1. The van der Waals surface area contributed by atoms with E-state index in [2.05, 4.69) is 4.98 Å². The summed E-state index contributed by atoms with van der Waals surface area (Å²) < 4.78 is 10.9. The minimum Gasteiger partial charge on any atom is -0.493 e. The molecule has 3 aromatic rings. The number of nitrogens with zero attached hydrogens (tertiary/aromatic N) is 2. The van der Waals surface area contributed by atoms with Crippen molar-refractivity contribution < 1.29 is 24.2 Å². The predicted molar refractivity (Wildman–Crippen MR) is 139 cm³/mol. The molecule has 0 radical (unpaired) electrons. The Morgan fingerprint density at radius 3 is 2.49 bits per heavy atom. The molecule has 4 rings (SSSR count). The van der Waals surface area contributed by atoms with Gasteiger partial charge in [-0.25, -0.2) is 4.79 Å². The highest BCUT2D eigenvalue weighted by Crippen LogP contribution is 2.35. The van der Waals surface area contributed by atoms with Gasteiger partial charge in [0.25, 0.3) is 5.91 Å². The van der Waals surface area contributed by atoms with E-state index in [4.69, 9.17) is 21.7 Å². The molecule has 35 heavy (non-hydrogen) atoms. The monoisotopic (exact) mass is 506 g/mol. The molecule has 9 heteroatoms. The molecule has 1 N–H and O–H groups in total. The van der Waals surface area contributed by atoms with Crippen molar-refractivity contribution in [2.45, 2.75) is 12.5 Å². The minimum absolute atomic E-state index is 0.164. The molecule has 1 aliphatic rings. The van der Waals surface area contributed by atoms with Crippen LogP contribution in [0.2, 0.25) is 0 Å². The van der Waals surface area contributed by atoms with E-state index in [-0.39, 0.29) is 10.7 Å². The number of thioether (sulfide) groups is 1. The van der Waals surface area contributed by atoms with Crippen LogP contribution in [0.4, 0.5) is 0 Å². The van der Waals surface area contributed by atoms with E-state index >= 15 is 0 Å². The van der Waals surface area contributed by atoms with Crippen LogP contribution in [0, 0.1) is 0 Å². The molecule has 1 atom stereocenters. The molecule has 1 saturated heterocycles. The molecule has 1 fully saturated rings. The number of amides is 1. The first kappa shape index (κ1) is 24.4. The average Bonchev–Trinajstić information content (AvgIpc) is 3.15. The fourth-order valence-electron chi connectivity index (χ4n) is 3.68. The van der Waals surface area contributed by atoms with Gasteiger partial charge in [-0.2, -0.15) is 0 Å². The number of pyridine rings is 1. The second-order valence-corrected chi connectivity index (χ2v) is 9.32. The molecule has 0 unspecified atom stereocenters. The topological polar surface area (TPSA) is 89.0 Å². The third kappa shape index (κ3) is 5.36. The Kier molecular flexibility index (Phi) is 7.48. The van der Waals surface area contributed by atoms with Crippen LogP contribution in [0.25, 0.3) is 17.3 Å². The quantitative estimate of drug-likeness (QED) is 0.349.